The van der Waals surface area contributed by atoms with E-state index in [1.807, 2.05) is 0 Å². The van der Waals surface area contributed by atoms with Gasteiger partial charge in [-0.1, -0.05) is 46.8 Å². The van der Waals surface area contributed by atoms with Crippen LogP contribution in [-0.4, -0.2) is 113 Å². The molecule has 2 aliphatic heterocycles. The molecule has 2 heterocycles. The van der Waals surface area contributed by atoms with E-state index in [0.29, 0.717) is 49.3 Å². The maximum absolute atomic E-state index is 13.1. The van der Waals surface area contributed by atoms with Crippen LogP contribution in [0.4, 0.5) is 9.59 Å². The van der Waals surface area contributed by atoms with E-state index in [9.17, 15) is 9.59 Å². The zero-order chi connectivity index (χ0) is 38.4. The standard InChI is InChI=1S/C44H76N6O4/c1-31(2)32-10-15-44(30-53-38(51)47-22-28-49-24-18-45-19-25-49)17-16-42(6)33(37(32)44)8-9-35-41(5)13-12-36(40(3,4)34(41)11-14-43(35,42)7)54-39(52)48-23-29-50-26-20-46-21-27-50/h32-37,45-46H,1,8-30H2,2-7H3,(H,47,51)(H,48,52)/t32-,33?,34?,35?,36-,37?,41-,42+,43+,44+/m0/s1. The van der Waals surface area contributed by atoms with E-state index in [2.05, 4.69) is 79.2 Å². The van der Waals surface area contributed by atoms with E-state index in [1.165, 1.54) is 44.1 Å². The zero-order valence-corrected chi connectivity index (χ0v) is 35.0. The van der Waals surface area contributed by atoms with Crippen molar-refractivity contribution in [3.8, 4) is 0 Å². The van der Waals surface area contributed by atoms with Crippen LogP contribution in [0.15, 0.2) is 12.2 Å². The highest BCUT2D eigenvalue weighted by atomic mass is 16.6. The Kier molecular flexibility index (Phi) is 11.8. The number of rotatable bonds is 10. The summed E-state index contributed by atoms with van der Waals surface area (Å²) in [6.07, 6.45) is 11.1. The van der Waals surface area contributed by atoms with Gasteiger partial charge in [0.05, 0.1) is 6.61 Å². The molecule has 5 saturated carbocycles. The molecular formula is C44H76N6O4. The summed E-state index contributed by atoms with van der Waals surface area (Å²) in [5.74, 6) is 2.78. The van der Waals surface area contributed by atoms with Crippen LogP contribution in [0.1, 0.15) is 106 Å². The van der Waals surface area contributed by atoms with Crippen LogP contribution in [0.3, 0.4) is 0 Å². The molecule has 0 aromatic rings. The largest absolute Gasteiger partial charge is 0.449 e. The van der Waals surface area contributed by atoms with Crippen LogP contribution in [0.2, 0.25) is 0 Å². The van der Waals surface area contributed by atoms with Crippen LogP contribution >= 0.6 is 0 Å². The molecule has 10 atom stereocenters. The van der Waals surface area contributed by atoms with Crippen LogP contribution in [0.25, 0.3) is 0 Å². The molecule has 0 aromatic heterocycles. The summed E-state index contributed by atoms with van der Waals surface area (Å²) in [6, 6.07) is 0. The summed E-state index contributed by atoms with van der Waals surface area (Å²) >= 11 is 0. The number of hydrogen-bond donors (Lipinski definition) is 4. The number of piperazine rings is 2. The normalized spacial score (nSPS) is 42.0. The molecule has 7 fully saturated rings. The molecule has 4 N–H and O–H groups in total. The van der Waals surface area contributed by atoms with Gasteiger partial charge in [-0.3, -0.25) is 9.80 Å². The zero-order valence-electron chi connectivity index (χ0n) is 35.0. The van der Waals surface area contributed by atoms with Gasteiger partial charge < -0.3 is 30.7 Å². The van der Waals surface area contributed by atoms with E-state index in [0.717, 1.165) is 91.1 Å². The number of nitrogens with one attached hydrogen (secondary N) is 4. The van der Waals surface area contributed by atoms with Crippen molar-refractivity contribution in [3.05, 3.63) is 12.2 Å². The third-order valence-electron chi connectivity index (χ3n) is 17.7. The molecule has 306 valence electrons. The average Bonchev–Trinajstić information content (AvgIpc) is 3.53. The molecule has 5 aliphatic carbocycles. The second kappa shape index (κ2) is 15.8. The Morgan fingerprint density at radius 2 is 1.35 bits per heavy atom. The predicted octanol–water partition coefficient (Wildman–Crippen LogP) is 6.28. The van der Waals surface area contributed by atoms with Gasteiger partial charge in [-0.2, -0.15) is 0 Å². The summed E-state index contributed by atoms with van der Waals surface area (Å²) in [5.41, 5.74) is 1.96. The highest BCUT2D eigenvalue weighted by Gasteiger charge is 2.71. The van der Waals surface area contributed by atoms with Gasteiger partial charge in [-0.15, -0.1) is 0 Å². The molecule has 7 rings (SSSR count). The summed E-state index contributed by atoms with van der Waals surface area (Å²) in [6.45, 7) is 31.4. The van der Waals surface area contributed by atoms with Crippen LogP contribution < -0.4 is 21.3 Å². The maximum Gasteiger partial charge on any atom is 0.407 e. The lowest BCUT2D eigenvalue weighted by molar-refractivity contribution is -0.249. The number of fused-ring (bicyclic) bond motifs is 7. The topological polar surface area (TPSA) is 107 Å². The fourth-order valence-electron chi connectivity index (χ4n) is 14.7. The minimum Gasteiger partial charge on any atom is -0.449 e. The average molecular weight is 753 g/mol. The number of amides is 2. The molecule has 0 aromatic carbocycles. The van der Waals surface area contributed by atoms with E-state index in [1.54, 1.807) is 0 Å². The predicted molar refractivity (Wildman–Crippen MR) is 215 cm³/mol. The minimum absolute atomic E-state index is 0.0386. The monoisotopic (exact) mass is 753 g/mol. The first-order chi connectivity index (χ1) is 25.7. The van der Waals surface area contributed by atoms with Gasteiger partial charge >= 0.3 is 12.2 Å². The van der Waals surface area contributed by atoms with Gasteiger partial charge in [0.15, 0.2) is 0 Å². The van der Waals surface area contributed by atoms with Crippen molar-refractivity contribution in [1.82, 2.24) is 31.1 Å². The second-order valence-electron chi connectivity index (χ2n) is 20.4. The summed E-state index contributed by atoms with van der Waals surface area (Å²) in [7, 11) is 0. The Morgan fingerprint density at radius 1 is 0.722 bits per heavy atom. The SMILES string of the molecule is C=C(C)[C@@H]1CC[C@]2(COC(=O)NCCN3CCNCC3)CC[C@]3(C)C(CCC4[C@@]5(C)CC[C@H](OC(=O)NCCN6CCNCC6)C(C)(C)C5CC[C@]43C)C12. The Labute approximate surface area is 327 Å². The van der Waals surface area contributed by atoms with Gasteiger partial charge in [0.25, 0.3) is 0 Å². The van der Waals surface area contributed by atoms with Crippen molar-refractivity contribution < 1.29 is 19.1 Å². The fraction of sp³-hybridized carbons (Fsp3) is 0.909. The molecule has 2 amide bonds. The van der Waals surface area contributed by atoms with Gasteiger partial charge in [0.1, 0.15) is 6.10 Å². The van der Waals surface area contributed by atoms with Crippen molar-refractivity contribution in [1.29, 1.82) is 0 Å². The number of alkyl carbamates (subject to hydrolysis) is 2. The van der Waals surface area contributed by atoms with Crippen molar-refractivity contribution in [2.75, 3.05) is 85.1 Å². The van der Waals surface area contributed by atoms with E-state index >= 15 is 0 Å². The number of nitrogens with zero attached hydrogens (tertiary/aromatic N) is 2. The highest BCUT2D eigenvalue weighted by Crippen LogP contribution is 2.77. The van der Waals surface area contributed by atoms with Crippen molar-refractivity contribution in [3.63, 3.8) is 0 Å². The van der Waals surface area contributed by atoms with Gasteiger partial charge in [-0.25, -0.2) is 9.59 Å². The number of hydrogen-bond acceptors (Lipinski definition) is 8. The number of allylic oxidation sites excluding steroid dienone is 1. The number of carbonyl (C=O) groups is 2. The molecule has 7 aliphatic rings. The number of ether oxygens (including phenoxy) is 2. The van der Waals surface area contributed by atoms with Crippen LogP contribution in [0.5, 0.6) is 0 Å². The molecule has 0 bridgehead atoms. The maximum atomic E-state index is 13.1. The Balaban J connectivity index is 1.01. The van der Waals surface area contributed by atoms with E-state index in [-0.39, 0.29) is 45.4 Å². The lowest BCUT2D eigenvalue weighted by Crippen LogP contribution is -2.67. The van der Waals surface area contributed by atoms with Crippen molar-refractivity contribution >= 4 is 12.2 Å². The molecular weight excluding hydrogens is 677 g/mol. The van der Waals surface area contributed by atoms with Crippen molar-refractivity contribution in [2.45, 2.75) is 112 Å². The lowest BCUT2D eigenvalue weighted by Gasteiger charge is -2.73. The third kappa shape index (κ3) is 7.25. The summed E-state index contributed by atoms with van der Waals surface area (Å²) in [4.78, 5) is 31.1. The Bertz CT molecular complexity index is 1360. The van der Waals surface area contributed by atoms with Gasteiger partial charge in [0, 0.05) is 89.4 Å². The molecule has 0 spiro atoms. The summed E-state index contributed by atoms with van der Waals surface area (Å²) in [5, 5.41) is 13.0. The fourth-order valence-corrected chi connectivity index (χ4v) is 14.7. The van der Waals surface area contributed by atoms with Crippen LogP contribution in [0, 0.1) is 56.7 Å². The first-order valence-electron chi connectivity index (χ1n) is 22.1. The molecule has 10 heteroatoms. The van der Waals surface area contributed by atoms with E-state index in [4.69, 9.17) is 9.47 Å². The smallest absolute Gasteiger partial charge is 0.407 e. The van der Waals surface area contributed by atoms with Crippen LogP contribution in [-0.2, 0) is 9.47 Å². The molecule has 10 nitrogen and oxygen atoms in total. The highest BCUT2D eigenvalue weighted by molar-refractivity contribution is 5.67. The molecule has 0 radical (unpaired) electrons. The molecule has 4 unspecified atom stereocenters. The third-order valence-corrected chi connectivity index (χ3v) is 17.7. The van der Waals surface area contributed by atoms with E-state index < -0.39 is 0 Å². The first-order valence-corrected chi connectivity index (χ1v) is 22.1. The Hall–Kier alpha value is -1.88. The van der Waals surface area contributed by atoms with Gasteiger partial charge in [0.2, 0.25) is 0 Å². The first kappa shape index (κ1) is 40.3. The number of carbonyl (C=O) groups excluding carboxylic acids is 2. The van der Waals surface area contributed by atoms with Gasteiger partial charge in [-0.05, 0) is 117 Å². The molecule has 2 saturated heterocycles. The lowest BCUT2D eigenvalue weighted by atomic mass is 9.32. The van der Waals surface area contributed by atoms with Crippen molar-refractivity contribution in [2.24, 2.45) is 56.7 Å². The molecule has 54 heavy (non-hydrogen) atoms. The quantitative estimate of drug-likeness (QED) is 0.194. The minimum atomic E-state index is -0.248. The Morgan fingerprint density at radius 3 is 1.98 bits per heavy atom. The second-order valence-corrected chi connectivity index (χ2v) is 20.4. The summed E-state index contributed by atoms with van der Waals surface area (Å²) < 4.78 is 12.5.